The first-order valence-corrected chi connectivity index (χ1v) is 10.9. The Labute approximate surface area is 189 Å². The van der Waals surface area contributed by atoms with Crippen molar-refractivity contribution >= 4 is 34.7 Å². The van der Waals surface area contributed by atoms with Gasteiger partial charge in [-0.15, -0.1) is 11.3 Å². The number of halogens is 4. The van der Waals surface area contributed by atoms with Gasteiger partial charge in [0.25, 0.3) is 0 Å². The number of nitrogens with zero attached hydrogens (tertiary/aromatic N) is 2. The van der Waals surface area contributed by atoms with Crippen LogP contribution in [0.25, 0.3) is 5.57 Å². The van der Waals surface area contributed by atoms with E-state index in [9.17, 15) is 13.2 Å². The van der Waals surface area contributed by atoms with E-state index in [4.69, 9.17) is 17.3 Å². The fourth-order valence-corrected chi connectivity index (χ4v) is 5.02. The lowest BCUT2D eigenvalue weighted by atomic mass is 9.83. The smallest absolute Gasteiger partial charge is 0.394 e. The summed E-state index contributed by atoms with van der Waals surface area (Å²) in [5, 5.41) is 0. The summed E-state index contributed by atoms with van der Waals surface area (Å²) in [4.78, 5) is 7.16. The number of rotatable bonds is 6. The SMILES string of the molecule is C=CC(=C)N1Cc2sc(Cl)cc2C(c2ccccc2/C(C=NCC)=C(/N)C(F)(F)F)C1. The number of thiophene rings is 1. The second-order valence-electron chi connectivity index (χ2n) is 7.10. The fraction of sp³-hybridized carbons (Fsp3) is 0.261. The number of alkyl halides is 3. The number of nitrogens with two attached hydrogens (primary N) is 1. The van der Waals surface area contributed by atoms with Gasteiger partial charge in [-0.2, -0.15) is 13.2 Å². The van der Waals surface area contributed by atoms with Crippen LogP contribution < -0.4 is 5.73 Å². The van der Waals surface area contributed by atoms with Gasteiger partial charge in [0, 0.05) is 41.4 Å². The van der Waals surface area contributed by atoms with Gasteiger partial charge in [0.15, 0.2) is 0 Å². The number of fused-ring (bicyclic) bond motifs is 1. The first-order valence-electron chi connectivity index (χ1n) is 9.67. The minimum Gasteiger partial charge on any atom is -0.394 e. The monoisotopic (exact) mass is 465 g/mol. The Bertz CT molecular complexity index is 1050. The first-order chi connectivity index (χ1) is 14.7. The molecule has 1 aliphatic rings. The summed E-state index contributed by atoms with van der Waals surface area (Å²) >= 11 is 7.77. The molecule has 164 valence electrons. The van der Waals surface area contributed by atoms with E-state index in [1.54, 1.807) is 25.1 Å². The summed E-state index contributed by atoms with van der Waals surface area (Å²) in [6.45, 7) is 11.1. The van der Waals surface area contributed by atoms with Crippen molar-refractivity contribution in [2.75, 3.05) is 13.1 Å². The molecule has 31 heavy (non-hydrogen) atoms. The van der Waals surface area contributed by atoms with Crippen molar-refractivity contribution < 1.29 is 13.2 Å². The van der Waals surface area contributed by atoms with Gasteiger partial charge in [-0.3, -0.25) is 4.99 Å². The van der Waals surface area contributed by atoms with Crippen LogP contribution >= 0.6 is 22.9 Å². The minimum absolute atomic E-state index is 0.132. The Hall–Kier alpha value is -2.51. The maximum Gasteiger partial charge on any atom is 0.431 e. The highest BCUT2D eigenvalue weighted by Crippen LogP contribution is 2.43. The van der Waals surface area contributed by atoms with Gasteiger partial charge >= 0.3 is 6.18 Å². The molecular weight excluding hydrogens is 443 g/mol. The highest BCUT2D eigenvalue weighted by Gasteiger charge is 2.36. The normalized spacial score (nSPS) is 17.5. The molecule has 2 N–H and O–H groups in total. The summed E-state index contributed by atoms with van der Waals surface area (Å²) in [5.74, 6) is -0.216. The topological polar surface area (TPSA) is 41.6 Å². The number of allylic oxidation sites excluding steroid dienone is 3. The van der Waals surface area contributed by atoms with Crippen LogP contribution in [0, 0.1) is 0 Å². The standard InChI is InChI=1S/C23H23ClF3N3S/c1-4-14(3)30-12-19(17-10-21(24)31-20(17)13-30)16-9-7-6-8-15(16)18(11-29-5-2)22(28)23(25,26)27/h4,6-11,19H,1,3,5,12-13,28H2,2H3/b22-18+,29-11?. The Balaban J connectivity index is 2.21. The molecule has 0 spiro atoms. The predicted molar refractivity (Wildman–Crippen MR) is 124 cm³/mol. The van der Waals surface area contributed by atoms with E-state index in [1.165, 1.54) is 17.6 Å². The van der Waals surface area contributed by atoms with Gasteiger partial charge in [0.05, 0.1) is 10.9 Å². The molecule has 0 aliphatic carbocycles. The maximum atomic E-state index is 13.6. The van der Waals surface area contributed by atoms with Crippen molar-refractivity contribution in [3.8, 4) is 0 Å². The lowest BCUT2D eigenvalue weighted by molar-refractivity contribution is -0.0918. The van der Waals surface area contributed by atoms with Crippen molar-refractivity contribution in [1.29, 1.82) is 0 Å². The summed E-state index contributed by atoms with van der Waals surface area (Å²) in [6.07, 6.45) is -1.79. The van der Waals surface area contributed by atoms with Gasteiger partial charge in [-0.25, -0.2) is 0 Å². The molecule has 8 heteroatoms. The number of hydrogen-bond acceptors (Lipinski definition) is 4. The van der Waals surface area contributed by atoms with Crippen LogP contribution in [-0.2, 0) is 6.54 Å². The molecule has 1 atom stereocenters. The summed E-state index contributed by atoms with van der Waals surface area (Å²) in [6, 6.07) is 8.89. The molecule has 3 rings (SSSR count). The molecule has 1 aromatic carbocycles. The zero-order valence-corrected chi connectivity index (χ0v) is 18.6. The quantitative estimate of drug-likeness (QED) is 0.397. The van der Waals surface area contributed by atoms with Crippen LogP contribution in [0.3, 0.4) is 0 Å². The highest BCUT2D eigenvalue weighted by atomic mass is 35.5. The zero-order valence-electron chi connectivity index (χ0n) is 17.0. The molecule has 2 heterocycles. The predicted octanol–water partition coefficient (Wildman–Crippen LogP) is 6.37. The maximum absolute atomic E-state index is 13.6. The average molecular weight is 466 g/mol. The third kappa shape index (κ3) is 4.88. The molecule has 0 fully saturated rings. The molecule has 1 aliphatic heterocycles. The number of aliphatic imine (C=N–C) groups is 1. The molecule has 1 unspecified atom stereocenters. The van der Waals surface area contributed by atoms with Crippen molar-refractivity contribution in [2.45, 2.75) is 25.6 Å². The van der Waals surface area contributed by atoms with E-state index >= 15 is 0 Å². The zero-order chi connectivity index (χ0) is 22.8. The molecule has 0 saturated carbocycles. The Morgan fingerprint density at radius 3 is 2.71 bits per heavy atom. The Morgan fingerprint density at radius 1 is 1.35 bits per heavy atom. The molecule has 1 aromatic heterocycles. The first kappa shape index (κ1) is 23.2. The molecule has 3 nitrogen and oxygen atoms in total. The lowest BCUT2D eigenvalue weighted by Crippen LogP contribution is -2.32. The van der Waals surface area contributed by atoms with E-state index in [-0.39, 0.29) is 11.5 Å². The summed E-state index contributed by atoms with van der Waals surface area (Å²) < 4.78 is 41.3. The van der Waals surface area contributed by atoms with E-state index < -0.39 is 11.9 Å². The molecule has 2 aromatic rings. The van der Waals surface area contributed by atoms with Crippen molar-refractivity contribution in [2.24, 2.45) is 10.7 Å². The minimum atomic E-state index is -4.67. The largest absolute Gasteiger partial charge is 0.431 e. The van der Waals surface area contributed by atoms with Gasteiger partial charge in [-0.05, 0) is 35.8 Å². The molecule has 0 amide bonds. The molecule has 0 saturated heterocycles. The van der Waals surface area contributed by atoms with E-state index in [1.807, 2.05) is 18.2 Å². The van der Waals surface area contributed by atoms with Crippen LogP contribution in [-0.4, -0.2) is 30.4 Å². The van der Waals surface area contributed by atoms with Crippen LogP contribution in [0.1, 0.15) is 34.4 Å². The second-order valence-corrected chi connectivity index (χ2v) is 8.87. The van der Waals surface area contributed by atoms with Crippen molar-refractivity contribution in [3.05, 3.63) is 86.9 Å². The van der Waals surface area contributed by atoms with Crippen LogP contribution in [0.2, 0.25) is 4.34 Å². The second kappa shape index (κ2) is 9.32. The van der Waals surface area contributed by atoms with Gasteiger partial charge in [0.1, 0.15) is 5.70 Å². The van der Waals surface area contributed by atoms with Crippen molar-refractivity contribution in [3.63, 3.8) is 0 Å². The van der Waals surface area contributed by atoms with E-state index in [0.717, 1.165) is 21.7 Å². The molecule has 0 bridgehead atoms. The fourth-order valence-electron chi connectivity index (χ4n) is 3.66. The average Bonchev–Trinajstić information content (AvgIpc) is 3.12. The molecular formula is C23H23ClF3N3S. The summed E-state index contributed by atoms with van der Waals surface area (Å²) in [7, 11) is 0. The third-order valence-corrected chi connectivity index (χ3v) is 6.46. The van der Waals surface area contributed by atoms with Crippen LogP contribution in [0.5, 0.6) is 0 Å². The van der Waals surface area contributed by atoms with E-state index in [2.05, 4.69) is 23.1 Å². The van der Waals surface area contributed by atoms with Crippen molar-refractivity contribution in [1.82, 2.24) is 4.90 Å². The molecule has 0 radical (unpaired) electrons. The number of hydrogen-bond donors (Lipinski definition) is 1. The van der Waals surface area contributed by atoms with Crippen LogP contribution in [0.4, 0.5) is 13.2 Å². The Kier molecular flexibility index (Phi) is 6.96. The highest BCUT2D eigenvalue weighted by molar-refractivity contribution is 7.16. The Morgan fingerprint density at radius 2 is 2.06 bits per heavy atom. The van der Waals surface area contributed by atoms with Gasteiger partial charge < -0.3 is 10.6 Å². The number of benzene rings is 1. The summed E-state index contributed by atoms with van der Waals surface area (Å²) in [5.41, 5.74) is 7.16. The van der Waals surface area contributed by atoms with Crippen LogP contribution in [0.15, 0.2) is 66.0 Å². The van der Waals surface area contributed by atoms with Gasteiger partial charge in [-0.1, -0.05) is 49.0 Å². The van der Waals surface area contributed by atoms with E-state index in [0.29, 0.717) is 29.5 Å². The van der Waals surface area contributed by atoms with Gasteiger partial charge in [0.2, 0.25) is 0 Å². The lowest BCUT2D eigenvalue weighted by Gasteiger charge is -2.35. The third-order valence-electron chi connectivity index (χ3n) is 5.19.